The minimum Gasteiger partial charge on any atom is -0.377 e. The number of fused-ring (bicyclic) bond motifs is 1. The monoisotopic (exact) mass is 536 g/mol. The van der Waals surface area contributed by atoms with Crippen molar-refractivity contribution in [2.24, 2.45) is 0 Å². The Morgan fingerprint density at radius 1 is 1.00 bits per heavy atom. The zero-order valence-corrected chi connectivity index (χ0v) is 21.8. The first-order valence-corrected chi connectivity index (χ1v) is 13.0. The molecule has 0 amide bonds. The number of likely N-dealkylation sites (N-methyl/N-ethyl adjacent to an activating group) is 1. The third-order valence-electron chi connectivity index (χ3n) is 7.01. The summed E-state index contributed by atoms with van der Waals surface area (Å²) in [4.78, 5) is 27.4. The smallest absolute Gasteiger partial charge is 0.229 e. The van der Waals surface area contributed by atoms with Crippen LogP contribution in [-0.2, 0) is 4.74 Å². The number of aromatic nitrogens is 3. The van der Waals surface area contributed by atoms with E-state index < -0.39 is 0 Å². The molecule has 10 heteroatoms. The number of benzene rings is 2. The highest BCUT2D eigenvalue weighted by atomic mass is 35.5. The molecule has 8 nitrogen and oxygen atoms in total. The van der Waals surface area contributed by atoms with Gasteiger partial charge in [0.2, 0.25) is 11.4 Å². The second-order valence-electron chi connectivity index (χ2n) is 9.46. The van der Waals surface area contributed by atoms with E-state index >= 15 is 0 Å². The van der Waals surface area contributed by atoms with E-state index in [0.717, 1.165) is 31.9 Å². The number of piperazine rings is 1. The summed E-state index contributed by atoms with van der Waals surface area (Å²) in [5, 5.41) is 4.51. The van der Waals surface area contributed by atoms with E-state index in [1.807, 2.05) is 16.7 Å². The second-order valence-corrected chi connectivity index (χ2v) is 10.3. The molecule has 2 aliphatic heterocycles. The van der Waals surface area contributed by atoms with Gasteiger partial charge in [0.15, 0.2) is 0 Å². The topological polar surface area (TPSA) is 75.5 Å². The van der Waals surface area contributed by atoms with Crippen LogP contribution < -0.4 is 15.6 Å². The molecule has 0 aliphatic carbocycles. The first kappa shape index (κ1) is 24.2. The molecule has 0 atom stereocenters. The van der Waals surface area contributed by atoms with Crippen LogP contribution in [0.5, 0.6) is 0 Å². The van der Waals surface area contributed by atoms with Crippen molar-refractivity contribution in [3.05, 3.63) is 75.1 Å². The van der Waals surface area contributed by atoms with E-state index in [1.54, 1.807) is 30.6 Å². The van der Waals surface area contributed by atoms with E-state index in [2.05, 4.69) is 39.3 Å². The number of ether oxygens (including phenoxy) is 1. The number of nitrogens with one attached hydrogen (secondary N) is 1. The Kier molecular flexibility index (Phi) is 6.50. The number of pyridine rings is 1. The lowest BCUT2D eigenvalue weighted by atomic mass is 10.0. The van der Waals surface area contributed by atoms with Gasteiger partial charge in [-0.3, -0.25) is 4.79 Å². The van der Waals surface area contributed by atoms with E-state index in [0.29, 0.717) is 51.4 Å². The van der Waals surface area contributed by atoms with Crippen LogP contribution in [0.25, 0.3) is 22.2 Å². The van der Waals surface area contributed by atoms with Gasteiger partial charge in [0, 0.05) is 61.1 Å². The second kappa shape index (κ2) is 9.95. The fraction of sp³-hybridized carbons (Fsp3) is 0.296. The number of hydrogen-bond acceptors (Lipinski definition) is 7. The number of nitrogens with zero attached hydrogens (tertiary/aromatic N) is 5. The number of anilines is 3. The van der Waals surface area contributed by atoms with Crippen molar-refractivity contribution in [2.45, 2.75) is 6.04 Å². The van der Waals surface area contributed by atoms with Gasteiger partial charge < -0.3 is 24.4 Å². The van der Waals surface area contributed by atoms with E-state index in [9.17, 15) is 4.79 Å². The number of halogens is 2. The molecule has 0 unspecified atom stereocenters. The highest BCUT2D eigenvalue weighted by molar-refractivity contribution is 6.39. The van der Waals surface area contributed by atoms with Crippen molar-refractivity contribution in [3.63, 3.8) is 0 Å². The highest BCUT2D eigenvalue weighted by Crippen LogP contribution is 2.35. The maximum atomic E-state index is 13.5. The van der Waals surface area contributed by atoms with Gasteiger partial charge in [0.25, 0.3) is 0 Å². The average Bonchev–Trinajstić information content (AvgIpc) is 2.86. The molecule has 0 radical (unpaired) electrons. The van der Waals surface area contributed by atoms with Gasteiger partial charge in [-0.25, -0.2) is 4.98 Å². The molecule has 6 rings (SSSR count). The fourth-order valence-electron chi connectivity index (χ4n) is 4.74. The quantitative estimate of drug-likeness (QED) is 0.391. The molecular weight excluding hydrogens is 511 g/mol. The molecule has 190 valence electrons. The third-order valence-corrected chi connectivity index (χ3v) is 7.64. The summed E-state index contributed by atoms with van der Waals surface area (Å²) in [6.07, 6.45) is 3.35. The van der Waals surface area contributed by atoms with Gasteiger partial charge in [0.1, 0.15) is 5.65 Å². The van der Waals surface area contributed by atoms with Crippen molar-refractivity contribution in [1.82, 2.24) is 19.4 Å². The molecule has 2 aliphatic rings. The molecule has 1 N–H and O–H groups in total. The van der Waals surface area contributed by atoms with Crippen LogP contribution in [0.3, 0.4) is 0 Å². The fourth-order valence-corrected chi connectivity index (χ4v) is 5.34. The molecule has 37 heavy (non-hydrogen) atoms. The summed E-state index contributed by atoms with van der Waals surface area (Å²) in [7, 11) is 2.15. The molecule has 2 saturated heterocycles. The van der Waals surface area contributed by atoms with E-state index in [1.165, 1.54) is 5.69 Å². The SMILES string of the molecule is CN1CCN(c2ccc(Nc3ncc4c(=O)c(-c5c(Cl)cccc5Cl)cn(C5COC5)c4n3)cc2)CC1. The van der Waals surface area contributed by atoms with Gasteiger partial charge in [-0.1, -0.05) is 29.3 Å². The van der Waals surface area contributed by atoms with Crippen LogP contribution in [0, 0.1) is 0 Å². The van der Waals surface area contributed by atoms with E-state index in [4.69, 9.17) is 32.9 Å². The lowest BCUT2D eigenvalue weighted by molar-refractivity contribution is -0.0218. The Morgan fingerprint density at radius 2 is 1.70 bits per heavy atom. The summed E-state index contributed by atoms with van der Waals surface area (Å²) < 4.78 is 7.41. The van der Waals surface area contributed by atoms with Crippen molar-refractivity contribution in [3.8, 4) is 11.1 Å². The summed E-state index contributed by atoms with van der Waals surface area (Å²) in [5.74, 6) is 0.414. The van der Waals surface area contributed by atoms with Crippen LogP contribution in [0.1, 0.15) is 6.04 Å². The maximum Gasteiger partial charge on any atom is 0.229 e. The first-order chi connectivity index (χ1) is 18.0. The van der Waals surface area contributed by atoms with E-state index in [-0.39, 0.29) is 11.5 Å². The van der Waals surface area contributed by atoms with Gasteiger partial charge in [-0.15, -0.1) is 0 Å². The summed E-state index contributed by atoms with van der Waals surface area (Å²) in [5.41, 5.74) is 3.31. The lowest BCUT2D eigenvalue weighted by Gasteiger charge is -2.34. The lowest BCUT2D eigenvalue weighted by Crippen LogP contribution is -2.44. The Labute approximate surface area is 224 Å². The van der Waals surface area contributed by atoms with Crippen molar-refractivity contribution < 1.29 is 4.74 Å². The molecule has 0 saturated carbocycles. The zero-order valence-electron chi connectivity index (χ0n) is 20.3. The molecule has 2 fully saturated rings. The molecular formula is C27H26Cl2N6O2. The van der Waals surface area contributed by atoms with Gasteiger partial charge in [-0.2, -0.15) is 4.98 Å². The normalized spacial score (nSPS) is 16.7. The molecule has 4 heterocycles. The molecule has 0 spiro atoms. The van der Waals surface area contributed by atoms with Crippen LogP contribution in [0.15, 0.2) is 59.7 Å². The van der Waals surface area contributed by atoms with Crippen molar-refractivity contribution >= 4 is 51.6 Å². The van der Waals surface area contributed by atoms with Crippen LogP contribution in [-0.4, -0.2) is 65.9 Å². The Bertz CT molecular complexity index is 1490. The van der Waals surface area contributed by atoms with Crippen LogP contribution >= 0.6 is 23.2 Å². The molecule has 2 aromatic heterocycles. The van der Waals surface area contributed by atoms with Gasteiger partial charge >= 0.3 is 0 Å². The van der Waals surface area contributed by atoms with Crippen molar-refractivity contribution in [1.29, 1.82) is 0 Å². The zero-order chi connectivity index (χ0) is 25.5. The minimum absolute atomic E-state index is 0.0498. The molecule has 4 aromatic rings. The van der Waals surface area contributed by atoms with Crippen LogP contribution in [0.4, 0.5) is 17.3 Å². The molecule has 2 aromatic carbocycles. The predicted molar refractivity (Wildman–Crippen MR) is 149 cm³/mol. The largest absolute Gasteiger partial charge is 0.377 e. The summed E-state index contributed by atoms with van der Waals surface area (Å²) in [6.45, 7) is 5.22. The Morgan fingerprint density at radius 3 is 2.35 bits per heavy atom. The molecule has 0 bridgehead atoms. The Hall–Kier alpha value is -3.17. The van der Waals surface area contributed by atoms with Gasteiger partial charge in [0.05, 0.1) is 34.7 Å². The van der Waals surface area contributed by atoms with Crippen LogP contribution in [0.2, 0.25) is 10.0 Å². The maximum absolute atomic E-state index is 13.5. The van der Waals surface area contributed by atoms with Gasteiger partial charge in [-0.05, 0) is 43.4 Å². The number of rotatable bonds is 5. The number of hydrogen-bond donors (Lipinski definition) is 1. The third kappa shape index (κ3) is 4.66. The summed E-state index contributed by atoms with van der Waals surface area (Å²) in [6, 6.07) is 13.5. The van der Waals surface area contributed by atoms with Crippen molar-refractivity contribution in [2.75, 3.05) is 56.7 Å². The summed E-state index contributed by atoms with van der Waals surface area (Å²) >= 11 is 12.9. The Balaban J connectivity index is 1.34. The first-order valence-electron chi connectivity index (χ1n) is 12.2. The predicted octanol–water partition coefficient (Wildman–Crippen LogP) is 4.83. The average molecular weight is 537 g/mol. The minimum atomic E-state index is -0.218. The standard InChI is InChI=1S/C27H26Cl2N6O2/c1-33-9-11-34(12-10-33)18-7-5-17(6-8-18)31-27-30-13-20-25(36)21(24-22(28)3-2-4-23(24)29)14-35(26(20)32-27)19-15-37-16-19/h2-8,13-14,19H,9-12,15-16H2,1H3,(H,30,31,32). The highest BCUT2D eigenvalue weighted by Gasteiger charge is 2.25.